The molecule has 130 valence electrons. The minimum atomic E-state index is -0.222. The molecule has 2 aromatic carbocycles. The van der Waals surface area contributed by atoms with E-state index < -0.39 is 0 Å². The number of fused-ring (bicyclic) bond motifs is 2. The lowest BCUT2D eigenvalue weighted by Gasteiger charge is -2.26. The van der Waals surface area contributed by atoms with E-state index >= 15 is 0 Å². The number of carbonyl (C=O) groups is 1. The third-order valence-electron chi connectivity index (χ3n) is 5.03. The molecule has 1 aromatic heterocycles. The molecule has 0 radical (unpaired) electrons. The van der Waals surface area contributed by atoms with Gasteiger partial charge in [0, 0.05) is 18.5 Å². The number of nitrogens with one attached hydrogen (secondary N) is 1. The van der Waals surface area contributed by atoms with Crippen LogP contribution in [0.2, 0.25) is 0 Å². The molecular weight excluding hydrogens is 330 g/mol. The molecule has 0 bridgehead atoms. The van der Waals surface area contributed by atoms with E-state index in [1.807, 2.05) is 30.3 Å². The first-order valence-electron chi connectivity index (χ1n) is 8.76. The standard InChI is InChI=1S/C20H17N3O3/c24-13-3-2-8-23(11-13)10-12-6-7-16-15(9-12)19-18-14(20(25)22-21-19)4-1-5-17(18)26-16/h1,4-7,9H,2-3,8,10-11H2,(H,22,25). The first-order valence-corrected chi connectivity index (χ1v) is 8.76. The average Bonchev–Trinajstić information content (AvgIpc) is 2.64. The molecule has 2 aliphatic heterocycles. The number of rotatable bonds is 2. The zero-order valence-corrected chi connectivity index (χ0v) is 14.1. The number of ketones is 1. The molecule has 1 saturated heterocycles. The highest BCUT2D eigenvalue weighted by atomic mass is 16.5. The van der Waals surface area contributed by atoms with Gasteiger partial charge in [0.25, 0.3) is 5.56 Å². The highest BCUT2D eigenvalue weighted by molar-refractivity contribution is 6.01. The van der Waals surface area contributed by atoms with Crippen LogP contribution in [0.5, 0.6) is 11.5 Å². The molecular formula is C20H17N3O3. The monoisotopic (exact) mass is 347 g/mol. The van der Waals surface area contributed by atoms with Gasteiger partial charge in [-0.15, -0.1) is 0 Å². The Balaban J connectivity index is 1.59. The van der Waals surface area contributed by atoms with Crippen molar-refractivity contribution in [2.45, 2.75) is 19.4 Å². The highest BCUT2D eigenvalue weighted by Crippen LogP contribution is 2.44. The van der Waals surface area contributed by atoms with Crippen molar-refractivity contribution in [2.24, 2.45) is 0 Å². The summed E-state index contributed by atoms with van der Waals surface area (Å²) in [7, 11) is 0. The molecule has 6 heteroatoms. The van der Waals surface area contributed by atoms with Crippen molar-refractivity contribution in [3.8, 4) is 22.8 Å². The topological polar surface area (TPSA) is 75.3 Å². The number of hydrogen-bond donors (Lipinski definition) is 1. The molecule has 3 heterocycles. The Hall–Kier alpha value is -2.99. The Kier molecular flexibility index (Phi) is 3.39. The van der Waals surface area contributed by atoms with Gasteiger partial charge in [0.05, 0.1) is 17.3 Å². The molecule has 0 saturated carbocycles. The van der Waals surface area contributed by atoms with E-state index in [-0.39, 0.29) is 5.56 Å². The zero-order valence-electron chi connectivity index (χ0n) is 14.1. The van der Waals surface area contributed by atoms with Crippen LogP contribution in [0, 0.1) is 0 Å². The third-order valence-corrected chi connectivity index (χ3v) is 5.03. The maximum atomic E-state index is 12.1. The summed E-state index contributed by atoms with van der Waals surface area (Å²) in [5.74, 6) is 1.68. The minimum Gasteiger partial charge on any atom is -0.456 e. The molecule has 26 heavy (non-hydrogen) atoms. The second kappa shape index (κ2) is 5.78. The number of carbonyl (C=O) groups excluding carboxylic acids is 1. The summed E-state index contributed by atoms with van der Waals surface area (Å²) in [5.41, 5.74) is 2.47. The summed E-state index contributed by atoms with van der Waals surface area (Å²) in [6.45, 7) is 2.16. The van der Waals surface area contributed by atoms with E-state index in [0.717, 1.165) is 40.9 Å². The third kappa shape index (κ3) is 2.42. The number of aromatic amines is 1. The van der Waals surface area contributed by atoms with Gasteiger partial charge in [-0.3, -0.25) is 14.5 Å². The second-order valence-corrected chi connectivity index (χ2v) is 6.87. The molecule has 2 aliphatic rings. The molecule has 0 spiro atoms. The van der Waals surface area contributed by atoms with Crippen LogP contribution in [0.3, 0.4) is 0 Å². The van der Waals surface area contributed by atoms with Gasteiger partial charge >= 0.3 is 0 Å². The number of benzene rings is 2. The van der Waals surface area contributed by atoms with E-state index in [9.17, 15) is 9.59 Å². The van der Waals surface area contributed by atoms with Gasteiger partial charge in [-0.25, -0.2) is 5.10 Å². The lowest BCUT2D eigenvalue weighted by Crippen LogP contribution is -2.34. The molecule has 0 amide bonds. The predicted molar refractivity (Wildman–Crippen MR) is 97.4 cm³/mol. The maximum absolute atomic E-state index is 12.1. The summed E-state index contributed by atoms with van der Waals surface area (Å²) < 4.78 is 6.01. The Bertz CT molecular complexity index is 1100. The zero-order chi connectivity index (χ0) is 17.7. The van der Waals surface area contributed by atoms with Crippen LogP contribution in [0.1, 0.15) is 18.4 Å². The molecule has 1 N–H and O–H groups in total. The number of hydrogen-bond acceptors (Lipinski definition) is 5. The predicted octanol–water partition coefficient (Wildman–Crippen LogP) is 2.86. The van der Waals surface area contributed by atoms with Crippen LogP contribution in [0.15, 0.2) is 41.2 Å². The smallest absolute Gasteiger partial charge is 0.272 e. The second-order valence-electron chi connectivity index (χ2n) is 6.87. The highest BCUT2D eigenvalue weighted by Gasteiger charge is 2.24. The summed E-state index contributed by atoms with van der Waals surface area (Å²) in [6, 6.07) is 11.4. The number of ether oxygens (including phenoxy) is 1. The largest absolute Gasteiger partial charge is 0.456 e. The quantitative estimate of drug-likeness (QED) is 0.603. The molecule has 0 atom stereocenters. The molecule has 0 aliphatic carbocycles. The van der Waals surface area contributed by atoms with Crippen molar-refractivity contribution in [1.82, 2.24) is 15.1 Å². The van der Waals surface area contributed by atoms with Crippen LogP contribution >= 0.6 is 0 Å². The van der Waals surface area contributed by atoms with Crippen molar-refractivity contribution in [1.29, 1.82) is 0 Å². The first kappa shape index (κ1) is 15.3. The number of aromatic nitrogens is 2. The Labute approximate surface area is 149 Å². The fourth-order valence-corrected chi connectivity index (χ4v) is 3.84. The van der Waals surface area contributed by atoms with Gasteiger partial charge in [0.15, 0.2) is 0 Å². The fourth-order valence-electron chi connectivity index (χ4n) is 3.84. The number of likely N-dealkylation sites (tertiary alicyclic amines) is 1. The van der Waals surface area contributed by atoms with Gasteiger partial charge in [-0.1, -0.05) is 12.1 Å². The number of nitrogens with zero attached hydrogens (tertiary/aromatic N) is 2. The first-order chi connectivity index (χ1) is 12.7. The van der Waals surface area contributed by atoms with Crippen molar-refractivity contribution < 1.29 is 9.53 Å². The Morgan fingerprint density at radius 3 is 2.96 bits per heavy atom. The molecule has 5 rings (SSSR count). The fraction of sp³-hybridized carbons (Fsp3) is 0.250. The van der Waals surface area contributed by atoms with Crippen molar-refractivity contribution >= 4 is 16.6 Å². The van der Waals surface area contributed by atoms with Gasteiger partial charge in [0.1, 0.15) is 23.0 Å². The van der Waals surface area contributed by atoms with Crippen LogP contribution in [-0.4, -0.2) is 34.0 Å². The Morgan fingerprint density at radius 2 is 2.08 bits per heavy atom. The van der Waals surface area contributed by atoms with Crippen LogP contribution in [0.25, 0.3) is 22.0 Å². The average molecular weight is 347 g/mol. The normalized spacial score (nSPS) is 16.4. The van der Waals surface area contributed by atoms with Crippen LogP contribution in [0.4, 0.5) is 0 Å². The van der Waals surface area contributed by atoms with Crippen molar-refractivity contribution in [3.05, 3.63) is 52.3 Å². The number of Topliss-reactive ketones (excluding diaryl/α,β-unsaturated/α-hetero) is 1. The number of H-pyrrole nitrogens is 1. The molecule has 6 nitrogen and oxygen atoms in total. The van der Waals surface area contributed by atoms with Gasteiger partial charge in [0.2, 0.25) is 0 Å². The summed E-state index contributed by atoms with van der Waals surface area (Å²) in [4.78, 5) is 25.9. The Morgan fingerprint density at radius 1 is 1.15 bits per heavy atom. The SMILES string of the molecule is O=C1CCCN(Cc2ccc3c(c2)-c2n[nH]c(=O)c4cccc(c24)O3)C1. The molecule has 0 unspecified atom stereocenters. The van der Waals surface area contributed by atoms with E-state index in [4.69, 9.17) is 4.74 Å². The number of piperidine rings is 1. The van der Waals surface area contributed by atoms with Crippen LogP contribution in [-0.2, 0) is 11.3 Å². The van der Waals surface area contributed by atoms with E-state index in [2.05, 4.69) is 15.1 Å². The van der Waals surface area contributed by atoms with E-state index in [1.165, 1.54) is 0 Å². The lowest BCUT2D eigenvalue weighted by molar-refractivity contribution is -0.122. The van der Waals surface area contributed by atoms with Crippen molar-refractivity contribution in [2.75, 3.05) is 13.1 Å². The summed E-state index contributed by atoms with van der Waals surface area (Å²) in [6.07, 6.45) is 1.60. The van der Waals surface area contributed by atoms with Gasteiger partial charge < -0.3 is 4.74 Å². The summed E-state index contributed by atoms with van der Waals surface area (Å²) in [5, 5.41) is 8.20. The molecule has 3 aromatic rings. The lowest BCUT2D eigenvalue weighted by atomic mass is 9.98. The van der Waals surface area contributed by atoms with Crippen molar-refractivity contribution in [3.63, 3.8) is 0 Å². The van der Waals surface area contributed by atoms with Crippen LogP contribution < -0.4 is 10.3 Å². The van der Waals surface area contributed by atoms with E-state index in [1.54, 1.807) is 6.07 Å². The van der Waals surface area contributed by atoms with E-state index in [0.29, 0.717) is 36.4 Å². The van der Waals surface area contributed by atoms with Gasteiger partial charge in [-0.05, 0) is 42.8 Å². The van der Waals surface area contributed by atoms with Gasteiger partial charge in [-0.2, -0.15) is 5.10 Å². The minimum absolute atomic E-state index is 0.222. The summed E-state index contributed by atoms with van der Waals surface area (Å²) >= 11 is 0. The maximum Gasteiger partial charge on any atom is 0.272 e. The molecule has 1 fully saturated rings.